The zero-order valence-electron chi connectivity index (χ0n) is 18.0. The van der Waals surface area contributed by atoms with Crippen LogP contribution < -0.4 is 5.32 Å². The molecule has 0 saturated heterocycles. The summed E-state index contributed by atoms with van der Waals surface area (Å²) in [5.41, 5.74) is 2.50. The van der Waals surface area contributed by atoms with Crippen LogP contribution in [0.5, 0.6) is 0 Å². The van der Waals surface area contributed by atoms with Crippen molar-refractivity contribution < 1.29 is 14.1 Å². The molecule has 0 aliphatic carbocycles. The van der Waals surface area contributed by atoms with Gasteiger partial charge in [-0.25, -0.2) is 4.98 Å². The minimum Gasteiger partial charge on any atom is -0.456 e. The van der Waals surface area contributed by atoms with Gasteiger partial charge in [-0.1, -0.05) is 35.9 Å². The molecule has 0 radical (unpaired) electrons. The number of nitro groups is 1. The highest BCUT2D eigenvalue weighted by atomic mass is 35.5. The summed E-state index contributed by atoms with van der Waals surface area (Å²) < 4.78 is 6.74. The average molecular weight is 502 g/mol. The second-order valence-electron chi connectivity index (χ2n) is 7.48. The van der Waals surface area contributed by atoms with Crippen LogP contribution in [0.3, 0.4) is 0 Å². The van der Waals surface area contributed by atoms with Crippen LogP contribution in [0.15, 0.2) is 89.4 Å². The van der Waals surface area contributed by atoms with Gasteiger partial charge in [0, 0.05) is 23.4 Å². The van der Waals surface area contributed by atoms with Crippen molar-refractivity contribution in [2.75, 3.05) is 5.32 Å². The van der Waals surface area contributed by atoms with Crippen LogP contribution >= 0.6 is 22.9 Å². The molecule has 0 aliphatic heterocycles. The minimum absolute atomic E-state index is 0.0539. The van der Waals surface area contributed by atoms with E-state index in [9.17, 15) is 14.9 Å². The van der Waals surface area contributed by atoms with Crippen molar-refractivity contribution in [3.8, 4) is 21.9 Å². The van der Waals surface area contributed by atoms with E-state index in [4.69, 9.17) is 16.0 Å². The summed E-state index contributed by atoms with van der Waals surface area (Å²) in [4.78, 5) is 27.9. The summed E-state index contributed by atoms with van der Waals surface area (Å²) in [7, 11) is 0. The highest BCUT2D eigenvalue weighted by molar-refractivity contribution is 7.21. The first-order chi connectivity index (χ1) is 17.0. The molecule has 7 nitrogen and oxygen atoms in total. The van der Waals surface area contributed by atoms with E-state index in [1.165, 1.54) is 29.6 Å². The molecule has 0 unspecified atom stereocenters. The molecule has 0 spiro atoms. The number of nitro benzene ring substituents is 1. The molecule has 0 fully saturated rings. The second kappa shape index (κ2) is 9.54. The number of aromatic nitrogens is 1. The number of hydrogen-bond acceptors (Lipinski definition) is 6. The Kier molecular flexibility index (Phi) is 6.13. The SMILES string of the molecule is O=C(/C=C/c1ccc(-c2ccccc2[N+](=O)[O-])o1)Nc1ccc(Cl)c(-c2nc3ccccc3s2)c1. The molecule has 1 N–H and O–H groups in total. The number of para-hydroxylation sites is 2. The molecule has 2 heterocycles. The first-order valence-electron chi connectivity index (χ1n) is 10.5. The summed E-state index contributed by atoms with van der Waals surface area (Å²) in [6.45, 7) is 0. The van der Waals surface area contributed by atoms with Crippen molar-refractivity contribution >= 4 is 56.5 Å². The van der Waals surface area contributed by atoms with Gasteiger partial charge in [-0.2, -0.15) is 0 Å². The van der Waals surface area contributed by atoms with Crippen LogP contribution in [-0.4, -0.2) is 15.8 Å². The number of nitrogens with zero attached hydrogens (tertiary/aromatic N) is 2. The van der Waals surface area contributed by atoms with Gasteiger partial charge in [0.1, 0.15) is 16.5 Å². The number of benzene rings is 3. The number of halogens is 1. The minimum atomic E-state index is -0.463. The first-order valence-corrected chi connectivity index (χ1v) is 11.7. The number of thiazole rings is 1. The monoisotopic (exact) mass is 501 g/mol. The lowest BCUT2D eigenvalue weighted by molar-refractivity contribution is -0.384. The van der Waals surface area contributed by atoms with E-state index >= 15 is 0 Å². The van der Waals surface area contributed by atoms with Gasteiger partial charge < -0.3 is 9.73 Å². The Bertz CT molecular complexity index is 1570. The maximum atomic E-state index is 12.5. The van der Waals surface area contributed by atoms with Gasteiger partial charge in [0.25, 0.3) is 5.69 Å². The van der Waals surface area contributed by atoms with E-state index in [2.05, 4.69) is 10.3 Å². The largest absolute Gasteiger partial charge is 0.456 e. The van der Waals surface area contributed by atoms with E-state index < -0.39 is 4.92 Å². The van der Waals surface area contributed by atoms with Gasteiger partial charge in [0.15, 0.2) is 0 Å². The van der Waals surface area contributed by atoms with Crippen LogP contribution in [0, 0.1) is 10.1 Å². The van der Waals surface area contributed by atoms with E-state index in [-0.39, 0.29) is 11.6 Å². The van der Waals surface area contributed by atoms with Crippen LogP contribution in [0.1, 0.15) is 5.76 Å². The number of nitrogens with one attached hydrogen (secondary N) is 1. The maximum absolute atomic E-state index is 12.5. The number of carbonyl (C=O) groups is 1. The zero-order chi connectivity index (χ0) is 24.4. The van der Waals surface area contributed by atoms with E-state index in [0.717, 1.165) is 20.8 Å². The Labute approximate surface area is 208 Å². The molecule has 3 aromatic carbocycles. The highest BCUT2D eigenvalue weighted by Crippen LogP contribution is 2.36. The molecule has 35 heavy (non-hydrogen) atoms. The third-order valence-corrected chi connectivity index (χ3v) is 6.55. The molecular weight excluding hydrogens is 486 g/mol. The Hall–Kier alpha value is -4.27. The molecule has 1 amide bonds. The lowest BCUT2D eigenvalue weighted by Crippen LogP contribution is -2.07. The molecule has 5 aromatic rings. The second-order valence-corrected chi connectivity index (χ2v) is 8.92. The maximum Gasteiger partial charge on any atom is 0.280 e. The Morgan fingerprint density at radius 1 is 1.03 bits per heavy atom. The summed E-state index contributed by atoms with van der Waals surface area (Å²) >= 11 is 7.93. The van der Waals surface area contributed by atoms with Crippen LogP contribution in [0.2, 0.25) is 5.02 Å². The van der Waals surface area contributed by atoms with Gasteiger partial charge in [0.05, 0.1) is 25.7 Å². The normalized spacial score (nSPS) is 11.2. The van der Waals surface area contributed by atoms with Crippen molar-refractivity contribution in [3.63, 3.8) is 0 Å². The molecule has 5 rings (SSSR count). The number of hydrogen-bond donors (Lipinski definition) is 1. The topological polar surface area (TPSA) is 98.3 Å². The number of anilines is 1. The summed E-state index contributed by atoms with van der Waals surface area (Å²) in [5.74, 6) is 0.362. The molecular formula is C26H16ClN3O4S. The third kappa shape index (κ3) is 4.84. The van der Waals surface area contributed by atoms with Crippen LogP contribution in [0.4, 0.5) is 11.4 Å². The lowest BCUT2D eigenvalue weighted by atomic mass is 10.1. The Morgan fingerprint density at radius 3 is 2.66 bits per heavy atom. The fraction of sp³-hybridized carbons (Fsp3) is 0. The van der Waals surface area contributed by atoms with Crippen molar-refractivity contribution in [2.24, 2.45) is 0 Å². The molecule has 2 aromatic heterocycles. The summed E-state index contributed by atoms with van der Waals surface area (Å²) in [6, 6.07) is 22.6. The standard InChI is InChI=1S/C26H16ClN3O4S/c27-20-12-9-16(15-19(20)26-29-21-6-2-4-8-24(21)35-26)28-25(31)14-11-17-10-13-23(34-17)18-5-1-3-7-22(18)30(32)33/h1-15H,(H,28,31)/b14-11+. The molecule has 0 saturated carbocycles. The van der Waals surface area contributed by atoms with Gasteiger partial charge in [-0.05, 0) is 54.6 Å². The van der Waals surface area contributed by atoms with Crippen molar-refractivity contribution in [1.82, 2.24) is 4.98 Å². The molecule has 9 heteroatoms. The number of fused-ring (bicyclic) bond motifs is 1. The molecule has 0 aliphatic rings. The smallest absolute Gasteiger partial charge is 0.280 e. The first kappa shape index (κ1) is 22.5. The van der Waals surface area contributed by atoms with Crippen molar-refractivity contribution in [2.45, 2.75) is 0 Å². The lowest BCUT2D eigenvalue weighted by Gasteiger charge is -2.06. The third-order valence-electron chi connectivity index (χ3n) is 5.15. The van der Waals surface area contributed by atoms with Crippen molar-refractivity contribution in [1.29, 1.82) is 0 Å². The fourth-order valence-electron chi connectivity index (χ4n) is 3.52. The highest BCUT2D eigenvalue weighted by Gasteiger charge is 2.17. The predicted octanol–water partition coefficient (Wildman–Crippen LogP) is 7.44. The molecule has 0 bridgehead atoms. The van der Waals surface area contributed by atoms with Crippen LogP contribution in [0.25, 0.3) is 38.2 Å². The number of rotatable bonds is 6. The van der Waals surface area contributed by atoms with Crippen LogP contribution in [-0.2, 0) is 4.79 Å². The van der Waals surface area contributed by atoms with E-state index in [1.54, 1.807) is 48.5 Å². The Morgan fingerprint density at radius 2 is 1.83 bits per heavy atom. The van der Waals surface area contributed by atoms with Gasteiger partial charge in [-0.3, -0.25) is 14.9 Å². The number of carbonyl (C=O) groups excluding carboxylic acids is 1. The zero-order valence-corrected chi connectivity index (χ0v) is 19.5. The van der Waals surface area contributed by atoms with E-state index in [0.29, 0.717) is 27.8 Å². The predicted molar refractivity (Wildman–Crippen MR) is 139 cm³/mol. The Balaban J connectivity index is 1.32. The summed E-state index contributed by atoms with van der Waals surface area (Å²) in [6.07, 6.45) is 2.83. The molecule has 172 valence electrons. The van der Waals surface area contributed by atoms with Gasteiger partial charge >= 0.3 is 0 Å². The fourth-order valence-corrected chi connectivity index (χ4v) is 4.78. The summed E-state index contributed by atoms with van der Waals surface area (Å²) in [5, 5.41) is 15.4. The average Bonchev–Trinajstić information content (AvgIpc) is 3.51. The molecule has 0 atom stereocenters. The van der Waals surface area contributed by atoms with E-state index in [1.807, 2.05) is 24.3 Å². The quantitative estimate of drug-likeness (QED) is 0.148. The van der Waals surface area contributed by atoms with Gasteiger partial charge in [-0.15, -0.1) is 11.3 Å². The van der Waals surface area contributed by atoms with Crippen molar-refractivity contribution in [3.05, 3.63) is 106 Å². The van der Waals surface area contributed by atoms with Gasteiger partial charge in [0.2, 0.25) is 5.91 Å². The number of amides is 1. The number of furan rings is 1.